The van der Waals surface area contributed by atoms with E-state index in [2.05, 4.69) is 10.3 Å². The first-order valence-corrected chi connectivity index (χ1v) is 9.74. The van der Waals surface area contributed by atoms with Crippen molar-refractivity contribution in [1.29, 1.82) is 0 Å². The van der Waals surface area contributed by atoms with E-state index in [1.165, 1.54) is 18.9 Å². The maximum absolute atomic E-state index is 12.4. The van der Waals surface area contributed by atoms with Crippen molar-refractivity contribution in [2.24, 2.45) is 0 Å². The Kier molecular flexibility index (Phi) is 6.42. The third-order valence-corrected chi connectivity index (χ3v) is 5.63. The number of esters is 1. The summed E-state index contributed by atoms with van der Waals surface area (Å²) >= 11 is 7.43. The standard InChI is InChI=1S/C20H19ClN2O3S/c1-26-20(25)17(10-13-11-22-16-8-4-2-6-14(13)16)23-19(24)12-27-18-9-5-3-7-15(18)21/h2-9,11,17,22H,10,12H2,1H3,(H,23,24). The van der Waals surface area contributed by atoms with E-state index in [0.717, 1.165) is 21.4 Å². The van der Waals surface area contributed by atoms with Crippen LogP contribution in [0.5, 0.6) is 0 Å². The Morgan fingerprint density at radius 1 is 1.19 bits per heavy atom. The maximum Gasteiger partial charge on any atom is 0.328 e. The number of para-hydroxylation sites is 1. The number of aromatic nitrogens is 1. The minimum absolute atomic E-state index is 0.158. The number of halogens is 1. The molecule has 0 radical (unpaired) electrons. The zero-order valence-electron chi connectivity index (χ0n) is 14.7. The molecule has 27 heavy (non-hydrogen) atoms. The zero-order chi connectivity index (χ0) is 19.2. The van der Waals surface area contributed by atoms with Gasteiger partial charge in [-0.25, -0.2) is 4.79 Å². The summed E-state index contributed by atoms with van der Waals surface area (Å²) in [6.45, 7) is 0. The first kappa shape index (κ1) is 19.3. The Morgan fingerprint density at radius 3 is 2.70 bits per heavy atom. The number of fused-ring (bicyclic) bond motifs is 1. The molecule has 0 bridgehead atoms. The fourth-order valence-corrected chi connectivity index (χ4v) is 3.85. The van der Waals surface area contributed by atoms with Crippen molar-refractivity contribution in [3.05, 3.63) is 65.3 Å². The normalized spacial score (nSPS) is 11.9. The van der Waals surface area contributed by atoms with Gasteiger partial charge in [-0.15, -0.1) is 11.8 Å². The minimum Gasteiger partial charge on any atom is -0.467 e. The highest BCUT2D eigenvalue weighted by Gasteiger charge is 2.23. The van der Waals surface area contributed by atoms with Crippen LogP contribution in [-0.4, -0.2) is 35.8 Å². The average Bonchev–Trinajstić information content (AvgIpc) is 3.09. The van der Waals surface area contributed by atoms with Gasteiger partial charge in [0.2, 0.25) is 5.91 Å². The zero-order valence-corrected chi connectivity index (χ0v) is 16.3. The van der Waals surface area contributed by atoms with Gasteiger partial charge < -0.3 is 15.0 Å². The summed E-state index contributed by atoms with van der Waals surface area (Å²) < 4.78 is 4.86. The molecule has 1 aromatic heterocycles. The Morgan fingerprint density at radius 2 is 1.93 bits per heavy atom. The molecule has 1 amide bonds. The molecule has 0 saturated heterocycles. The molecule has 0 aliphatic heterocycles. The van der Waals surface area contributed by atoms with Gasteiger partial charge in [0.25, 0.3) is 0 Å². The largest absolute Gasteiger partial charge is 0.467 e. The lowest BCUT2D eigenvalue weighted by Crippen LogP contribution is -2.43. The van der Waals surface area contributed by atoms with Crippen molar-refractivity contribution in [1.82, 2.24) is 10.3 Å². The summed E-state index contributed by atoms with van der Waals surface area (Å²) in [4.78, 5) is 28.5. The second kappa shape index (κ2) is 8.97. The van der Waals surface area contributed by atoms with E-state index in [0.29, 0.717) is 11.4 Å². The Balaban J connectivity index is 1.67. The second-order valence-corrected chi connectivity index (χ2v) is 7.35. The van der Waals surface area contributed by atoms with Gasteiger partial charge in [0.1, 0.15) is 6.04 Å². The summed E-state index contributed by atoms with van der Waals surface area (Å²) in [5.41, 5.74) is 1.93. The molecule has 1 heterocycles. The lowest BCUT2D eigenvalue weighted by atomic mass is 10.0. The van der Waals surface area contributed by atoms with Gasteiger partial charge in [0.05, 0.1) is 17.9 Å². The molecule has 0 saturated carbocycles. The Hall–Kier alpha value is -2.44. The quantitative estimate of drug-likeness (QED) is 0.465. The van der Waals surface area contributed by atoms with Crippen LogP contribution in [0.1, 0.15) is 5.56 Å². The van der Waals surface area contributed by atoms with Crippen LogP contribution in [0.15, 0.2) is 59.6 Å². The third-order valence-electron chi connectivity index (χ3n) is 4.12. The molecule has 140 valence electrons. The maximum atomic E-state index is 12.4. The Bertz CT molecular complexity index is 957. The van der Waals surface area contributed by atoms with Crippen LogP contribution in [-0.2, 0) is 20.7 Å². The number of hydrogen-bond acceptors (Lipinski definition) is 4. The molecule has 0 aliphatic carbocycles. The summed E-state index contributed by atoms with van der Waals surface area (Å²) in [6.07, 6.45) is 2.20. The molecule has 3 aromatic rings. The number of H-pyrrole nitrogens is 1. The number of hydrogen-bond donors (Lipinski definition) is 2. The highest BCUT2D eigenvalue weighted by Crippen LogP contribution is 2.26. The molecule has 2 N–H and O–H groups in total. The molecule has 0 aliphatic rings. The van der Waals surface area contributed by atoms with Crippen molar-refractivity contribution >= 4 is 46.1 Å². The van der Waals surface area contributed by atoms with Gasteiger partial charge in [0, 0.05) is 28.4 Å². The number of benzene rings is 2. The first-order chi connectivity index (χ1) is 13.1. The average molecular weight is 403 g/mol. The summed E-state index contributed by atoms with van der Waals surface area (Å²) in [6, 6.07) is 14.4. The number of rotatable bonds is 7. The number of methoxy groups -OCH3 is 1. The van der Waals surface area contributed by atoms with Crippen molar-refractivity contribution in [3.63, 3.8) is 0 Å². The molecule has 3 rings (SSSR count). The molecule has 1 unspecified atom stereocenters. The van der Waals surface area contributed by atoms with Crippen LogP contribution in [0.2, 0.25) is 5.02 Å². The van der Waals surface area contributed by atoms with E-state index in [1.54, 1.807) is 6.07 Å². The first-order valence-electron chi connectivity index (χ1n) is 8.38. The van der Waals surface area contributed by atoms with E-state index in [4.69, 9.17) is 16.3 Å². The molecular weight excluding hydrogens is 384 g/mol. The van der Waals surface area contributed by atoms with Gasteiger partial charge in [-0.05, 0) is 23.8 Å². The number of thioether (sulfide) groups is 1. The molecular formula is C20H19ClN2O3S. The molecule has 0 fully saturated rings. The predicted molar refractivity (Wildman–Crippen MR) is 108 cm³/mol. The fourth-order valence-electron chi connectivity index (χ4n) is 2.80. The van der Waals surface area contributed by atoms with E-state index in [-0.39, 0.29) is 11.7 Å². The van der Waals surface area contributed by atoms with Crippen molar-refractivity contribution in [3.8, 4) is 0 Å². The van der Waals surface area contributed by atoms with Crippen LogP contribution in [0, 0.1) is 0 Å². The van der Waals surface area contributed by atoms with Crippen LogP contribution >= 0.6 is 23.4 Å². The van der Waals surface area contributed by atoms with E-state index in [1.807, 2.05) is 48.7 Å². The van der Waals surface area contributed by atoms with Gasteiger partial charge in [-0.3, -0.25) is 4.79 Å². The monoisotopic (exact) mass is 402 g/mol. The molecule has 2 aromatic carbocycles. The lowest BCUT2D eigenvalue weighted by molar-refractivity contribution is -0.144. The number of nitrogens with one attached hydrogen (secondary N) is 2. The highest BCUT2D eigenvalue weighted by atomic mass is 35.5. The van der Waals surface area contributed by atoms with Gasteiger partial charge >= 0.3 is 5.97 Å². The predicted octanol–water partition coefficient (Wildman–Crippen LogP) is 3.81. The summed E-state index contributed by atoms with van der Waals surface area (Å²) in [7, 11) is 1.31. The Labute approximate surface area is 166 Å². The van der Waals surface area contributed by atoms with Crippen LogP contribution in [0.3, 0.4) is 0 Å². The van der Waals surface area contributed by atoms with Gasteiger partial charge in [0.15, 0.2) is 0 Å². The van der Waals surface area contributed by atoms with Crippen molar-refractivity contribution in [2.45, 2.75) is 17.4 Å². The van der Waals surface area contributed by atoms with Gasteiger partial charge in [-0.1, -0.05) is 41.9 Å². The SMILES string of the molecule is COC(=O)C(Cc1c[nH]c2ccccc12)NC(=O)CSc1ccccc1Cl. The minimum atomic E-state index is -0.756. The van der Waals surface area contributed by atoms with Gasteiger partial charge in [-0.2, -0.15) is 0 Å². The topological polar surface area (TPSA) is 71.2 Å². The van der Waals surface area contributed by atoms with E-state index < -0.39 is 12.0 Å². The summed E-state index contributed by atoms with van der Waals surface area (Å²) in [5.74, 6) is -0.572. The number of ether oxygens (including phenoxy) is 1. The van der Waals surface area contributed by atoms with Crippen molar-refractivity contribution < 1.29 is 14.3 Å². The van der Waals surface area contributed by atoms with Crippen LogP contribution in [0.4, 0.5) is 0 Å². The number of aromatic amines is 1. The van der Waals surface area contributed by atoms with E-state index in [9.17, 15) is 9.59 Å². The molecule has 1 atom stereocenters. The summed E-state index contributed by atoms with van der Waals surface area (Å²) in [5, 5.41) is 4.38. The molecule has 5 nitrogen and oxygen atoms in total. The highest BCUT2D eigenvalue weighted by molar-refractivity contribution is 8.00. The number of carbonyl (C=O) groups excluding carboxylic acids is 2. The number of carbonyl (C=O) groups is 2. The van der Waals surface area contributed by atoms with Crippen LogP contribution < -0.4 is 5.32 Å². The molecule has 0 spiro atoms. The van der Waals surface area contributed by atoms with Crippen molar-refractivity contribution in [2.75, 3.05) is 12.9 Å². The molecule has 7 heteroatoms. The third kappa shape index (κ3) is 4.84. The smallest absolute Gasteiger partial charge is 0.328 e. The van der Waals surface area contributed by atoms with E-state index >= 15 is 0 Å². The fraction of sp³-hybridized carbons (Fsp3) is 0.200. The van der Waals surface area contributed by atoms with Crippen LogP contribution in [0.25, 0.3) is 10.9 Å². The second-order valence-electron chi connectivity index (χ2n) is 5.93. The number of amides is 1. The lowest BCUT2D eigenvalue weighted by Gasteiger charge is -2.16.